The molecular weight excluding hydrogens is 368 g/mol. The highest BCUT2D eigenvalue weighted by Crippen LogP contribution is 2.22. The van der Waals surface area contributed by atoms with Gasteiger partial charge in [-0.15, -0.1) is 0 Å². The standard InChI is InChI=1S/C13H14F3IN2/c1-7(19-13(16)12(14)15)4-8-6-18-11-3-2-9(17)5-10(8)11/h2-3,5-7,12-13,18-19H,4H2,1H3. The van der Waals surface area contributed by atoms with Crippen molar-refractivity contribution in [3.8, 4) is 0 Å². The van der Waals surface area contributed by atoms with Gasteiger partial charge in [-0.1, -0.05) is 0 Å². The van der Waals surface area contributed by atoms with Crippen molar-refractivity contribution < 1.29 is 13.2 Å². The summed E-state index contributed by atoms with van der Waals surface area (Å²) in [6.07, 6.45) is -2.94. The van der Waals surface area contributed by atoms with Gasteiger partial charge in [-0.3, -0.25) is 5.32 Å². The molecule has 1 aromatic heterocycles. The molecule has 1 aromatic carbocycles. The molecule has 2 nitrogen and oxygen atoms in total. The molecule has 19 heavy (non-hydrogen) atoms. The molecule has 0 fully saturated rings. The number of H-pyrrole nitrogens is 1. The number of hydrogen-bond acceptors (Lipinski definition) is 1. The Morgan fingerprint density at radius 2 is 2.05 bits per heavy atom. The second-order valence-corrected chi connectivity index (χ2v) is 5.76. The topological polar surface area (TPSA) is 27.8 Å². The molecule has 0 saturated carbocycles. The molecule has 2 aromatic rings. The highest BCUT2D eigenvalue weighted by Gasteiger charge is 2.21. The van der Waals surface area contributed by atoms with E-state index in [1.807, 2.05) is 24.4 Å². The molecule has 0 aliphatic heterocycles. The van der Waals surface area contributed by atoms with Crippen LogP contribution in [-0.2, 0) is 6.42 Å². The van der Waals surface area contributed by atoms with E-state index in [1.165, 1.54) is 0 Å². The summed E-state index contributed by atoms with van der Waals surface area (Å²) in [5.74, 6) is 0. The van der Waals surface area contributed by atoms with Crippen molar-refractivity contribution in [2.45, 2.75) is 32.1 Å². The summed E-state index contributed by atoms with van der Waals surface area (Å²) in [7, 11) is 0. The zero-order valence-electron chi connectivity index (χ0n) is 10.3. The summed E-state index contributed by atoms with van der Waals surface area (Å²) < 4.78 is 38.3. The number of benzene rings is 1. The molecule has 1 heterocycles. The predicted molar refractivity (Wildman–Crippen MR) is 78.2 cm³/mol. The molecule has 0 spiro atoms. The first-order valence-electron chi connectivity index (χ1n) is 5.91. The Kier molecular flexibility index (Phi) is 4.72. The highest BCUT2D eigenvalue weighted by atomic mass is 127. The van der Waals surface area contributed by atoms with E-state index in [1.54, 1.807) is 6.92 Å². The lowest BCUT2D eigenvalue weighted by atomic mass is 10.1. The molecule has 0 bridgehead atoms. The zero-order chi connectivity index (χ0) is 14.0. The van der Waals surface area contributed by atoms with Crippen molar-refractivity contribution in [3.63, 3.8) is 0 Å². The van der Waals surface area contributed by atoms with E-state index in [9.17, 15) is 13.2 Å². The average molecular weight is 382 g/mol. The van der Waals surface area contributed by atoms with Gasteiger partial charge in [0.15, 0.2) is 0 Å². The molecule has 0 saturated heterocycles. The van der Waals surface area contributed by atoms with Gasteiger partial charge in [0.1, 0.15) is 0 Å². The molecule has 6 heteroatoms. The largest absolute Gasteiger partial charge is 0.361 e. The molecule has 0 radical (unpaired) electrons. The normalized spacial score (nSPS) is 15.1. The van der Waals surface area contributed by atoms with Gasteiger partial charge in [0.2, 0.25) is 6.30 Å². The fourth-order valence-electron chi connectivity index (χ4n) is 2.05. The maximum absolute atomic E-state index is 12.9. The summed E-state index contributed by atoms with van der Waals surface area (Å²) in [5, 5.41) is 3.31. The molecule has 2 N–H and O–H groups in total. The average Bonchev–Trinajstić information content (AvgIpc) is 2.71. The number of aromatic amines is 1. The van der Waals surface area contributed by atoms with Crippen molar-refractivity contribution in [3.05, 3.63) is 33.5 Å². The lowest BCUT2D eigenvalue weighted by molar-refractivity contribution is 0.0251. The van der Waals surface area contributed by atoms with Crippen LogP contribution in [0, 0.1) is 3.57 Å². The molecule has 104 valence electrons. The number of halogens is 4. The Labute approximate surface area is 122 Å². The zero-order valence-corrected chi connectivity index (χ0v) is 12.4. The minimum atomic E-state index is -2.99. The first-order chi connectivity index (χ1) is 8.97. The maximum atomic E-state index is 12.9. The number of rotatable bonds is 5. The number of fused-ring (bicyclic) bond motifs is 1. The maximum Gasteiger partial charge on any atom is 0.282 e. The second-order valence-electron chi connectivity index (χ2n) is 4.51. The lowest BCUT2D eigenvalue weighted by Gasteiger charge is -2.16. The summed E-state index contributed by atoms with van der Waals surface area (Å²) >= 11 is 2.22. The number of nitrogens with one attached hydrogen (secondary N) is 2. The Hall–Kier alpha value is -0.760. The Bertz CT molecular complexity index is 556. The van der Waals surface area contributed by atoms with Crippen molar-refractivity contribution in [1.82, 2.24) is 10.3 Å². The Balaban J connectivity index is 2.10. The SMILES string of the molecule is CC(Cc1c[nH]c2ccc(I)cc12)NC(F)C(F)F. The van der Waals surface area contributed by atoms with E-state index >= 15 is 0 Å². The minimum absolute atomic E-state index is 0.360. The fraction of sp³-hybridized carbons (Fsp3) is 0.385. The van der Waals surface area contributed by atoms with Crippen LogP contribution in [0.5, 0.6) is 0 Å². The number of aromatic nitrogens is 1. The minimum Gasteiger partial charge on any atom is -0.361 e. The second kappa shape index (κ2) is 6.13. The van der Waals surface area contributed by atoms with Crippen LogP contribution in [0.4, 0.5) is 13.2 Å². The van der Waals surface area contributed by atoms with E-state index in [0.29, 0.717) is 6.42 Å². The van der Waals surface area contributed by atoms with Gasteiger partial charge < -0.3 is 4.98 Å². The summed E-state index contributed by atoms with van der Waals surface area (Å²) in [5.41, 5.74) is 1.99. The van der Waals surface area contributed by atoms with Crippen molar-refractivity contribution in [2.75, 3.05) is 0 Å². The van der Waals surface area contributed by atoms with Crippen LogP contribution in [0.2, 0.25) is 0 Å². The van der Waals surface area contributed by atoms with Crippen LogP contribution >= 0.6 is 22.6 Å². The third-order valence-electron chi connectivity index (χ3n) is 2.92. The summed E-state index contributed by atoms with van der Waals surface area (Å²) in [6, 6.07) is 5.62. The van der Waals surface area contributed by atoms with Gasteiger partial charge in [-0.25, -0.2) is 13.2 Å². The molecular formula is C13H14F3IN2. The smallest absolute Gasteiger partial charge is 0.282 e. The molecule has 0 aliphatic rings. The fourth-order valence-corrected chi connectivity index (χ4v) is 2.54. The van der Waals surface area contributed by atoms with Gasteiger partial charge in [0.25, 0.3) is 6.43 Å². The first kappa shape index (κ1) is 14.6. The summed E-state index contributed by atoms with van der Waals surface area (Å²) in [4.78, 5) is 3.12. The third kappa shape index (κ3) is 3.62. The molecule has 2 atom stereocenters. The van der Waals surface area contributed by atoms with Crippen LogP contribution in [0.3, 0.4) is 0 Å². The Morgan fingerprint density at radius 3 is 2.74 bits per heavy atom. The van der Waals surface area contributed by atoms with Crippen LogP contribution in [0.25, 0.3) is 10.9 Å². The highest BCUT2D eigenvalue weighted by molar-refractivity contribution is 14.1. The monoisotopic (exact) mass is 382 g/mol. The van der Waals surface area contributed by atoms with Crippen molar-refractivity contribution >= 4 is 33.5 Å². The van der Waals surface area contributed by atoms with Gasteiger partial charge >= 0.3 is 0 Å². The van der Waals surface area contributed by atoms with Gasteiger partial charge in [0, 0.05) is 26.7 Å². The van der Waals surface area contributed by atoms with Crippen molar-refractivity contribution in [2.24, 2.45) is 0 Å². The number of alkyl halides is 3. The van der Waals surface area contributed by atoms with Gasteiger partial charge in [0.05, 0.1) is 0 Å². The van der Waals surface area contributed by atoms with Crippen LogP contribution in [0.1, 0.15) is 12.5 Å². The van der Waals surface area contributed by atoms with E-state index < -0.39 is 12.7 Å². The van der Waals surface area contributed by atoms with E-state index in [0.717, 1.165) is 20.0 Å². The Morgan fingerprint density at radius 1 is 1.32 bits per heavy atom. The third-order valence-corrected chi connectivity index (χ3v) is 3.59. The van der Waals surface area contributed by atoms with Crippen LogP contribution < -0.4 is 5.32 Å². The molecule has 0 amide bonds. The van der Waals surface area contributed by atoms with Crippen molar-refractivity contribution in [1.29, 1.82) is 0 Å². The number of hydrogen-bond donors (Lipinski definition) is 2. The van der Waals surface area contributed by atoms with Gasteiger partial charge in [-0.05, 0) is 59.7 Å². The van der Waals surface area contributed by atoms with Gasteiger partial charge in [-0.2, -0.15) is 0 Å². The summed E-state index contributed by atoms with van der Waals surface area (Å²) in [6.45, 7) is 1.70. The van der Waals surface area contributed by atoms with Crippen LogP contribution in [0.15, 0.2) is 24.4 Å². The van der Waals surface area contributed by atoms with E-state index in [2.05, 4.69) is 32.9 Å². The predicted octanol–water partition coefficient (Wildman–Crippen LogP) is 3.85. The molecule has 0 aliphatic carbocycles. The molecule has 2 unspecified atom stereocenters. The lowest BCUT2D eigenvalue weighted by Crippen LogP contribution is -2.39. The van der Waals surface area contributed by atoms with E-state index in [4.69, 9.17) is 0 Å². The van der Waals surface area contributed by atoms with Crippen LogP contribution in [-0.4, -0.2) is 23.7 Å². The molecule has 2 rings (SSSR count). The van der Waals surface area contributed by atoms with E-state index in [-0.39, 0.29) is 6.04 Å². The quantitative estimate of drug-likeness (QED) is 0.597. The first-order valence-corrected chi connectivity index (χ1v) is 6.99.